The van der Waals surface area contributed by atoms with Gasteiger partial charge < -0.3 is 0 Å². The molecule has 0 unspecified atom stereocenters. The zero-order valence-electron chi connectivity index (χ0n) is 10.5. The topological polar surface area (TPSA) is 17.1 Å². The lowest BCUT2D eigenvalue weighted by Crippen LogP contribution is -2.20. The molecular weight excluding hydrogens is 232 g/mol. The summed E-state index contributed by atoms with van der Waals surface area (Å²) in [6, 6.07) is 17.0. The number of hydrogen-bond donors (Lipinski definition) is 0. The summed E-state index contributed by atoms with van der Waals surface area (Å²) in [6.07, 6.45) is 1.18. The van der Waals surface area contributed by atoms with Crippen LogP contribution in [-0.4, -0.2) is 5.78 Å². The molecule has 19 heavy (non-hydrogen) atoms. The highest BCUT2D eigenvalue weighted by atomic mass is 16.1. The van der Waals surface area contributed by atoms with Crippen LogP contribution < -0.4 is 0 Å². The van der Waals surface area contributed by atoms with Crippen molar-refractivity contribution in [3.05, 3.63) is 70.8 Å². The largest absolute Gasteiger partial charge is 0.294 e. The molecule has 3 aliphatic carbocycles. The molecule has 4 atom stereocenters. The Bertz CT molecular complexity index is 715. The van der Waals surface area contributed by atoms with Crippen LogP contribution in [0.15, 0.2) is 48.5 Å². The van der Waals surface area contributed by atoms with Crippen molar-refractivity contribution in [1.29, 1.82) is 0 Å². The zero-order chi connectivity index (χ0) is 12.6. The maximum Gasteiger partial charge on any atom is 0.167 e. The van der Waals surface area contributed by atoms with Gasteiger partial charge >= 0.3 is 0 Å². The predicted octanol–water partition coefficient (Wildman–Crippen LogP) is 3.87. The molecule has 2 bridgehead atoms. The Morgan fingerprint density at radius 2 is 1.32 bits per heavy atom. The first-order valence-electron chi connectivity index (χ1n) is 7.08. The lowest BCUT2D eigenvalue weighted by atomic mass is 9.76. The summed E-state index contributed by atoms with van der Waals surface area (Å²) in [5, 5.41) is 0. The third-order valence-corrected chi connectivity index (χ3v) is 5.44. The standard InChI is InChI=1S/C18H14O/c19-18-13-8-4-3-7-12(13)16-14-9-15(17(16)18)11-6-2-1-5-10(11)14/h1-8,14-17H,9H2/t14-,15+,16-,17+/m0/s1. The fourth-order valence-electron chi connectivity index (χ4n) is 4.84. The van der Waals surface area contributed by atoms with Gasteiger partial charge in [0.05, 0.1) is 0 Å². The maximum atomic E-state index is 12.7. The van der Waals surface area contributed by atoms with Crippen LogP contribution in [-0.2, 0) is 0 Å². The summed E-state index contributed by atoms with van der Waals surface area (Å²) in [7, 11) is 0. The van der Waals surface area contributed by atoms with E-state index in [0.717, 1.165) is 5.56 Å². The summed E-state index contributed by atoms with van der Waals surface area (Å²) in [4.78, 5) is 12.7. The van der Waals surface area contributed by atoms with E-state index in [2.05, 4.69) is 36.4 Å². The summed E-state index contributed by atoms with van der Waals surface area (Å²) in [5.41, 5.74) is 5.23. The normalized spacial score (nSPS) is 33.2. The summed E-state index contributed by atoms with van der Waals surface area (Å²) in [6.45, 7) is 0. The van der Waals surface area contributed by atoms with Crippen LogP contribution in [0.4, 0.5) is 0 Å². The molecule has 2 aromatic rings. The van der Waals surface area contributed by atoms with Gasteiger partial charge in [-0.25, -0.2) is 0 Å². The number of carbonyl (C=O) groups is 1. The molecule has 0 N–H and O–H groups in total. The van der Waals surface area contributed by atoms with Crippen molar-refractivity contribution in [2.45, 2.75) is 24.2 Å². The van der Waals surface area contributed by atoms with Gasteiger partial charge in [-0.2, -0.15) is 0 Å². The predicted molar refractivity (Wildman–Crippen MR) is 73.5 cm³/mol. The number of carbonyl (C=O) groups excluding carboxylic acids is 1. The molecule has 1 saturated carbocycles. The highest BCUT2D eigenvalue weighted by molar-refractivity contribution is 6.04. The number of rotatable bonds is 0. The SMILES string of the molecule is O=C1c2ccccc2[C@@H]2[C@H]1[C@@H]1C[C@H]2c2ccccc21. The van der Waals surface area contributed by atoms with Crippen molar-refractivity contribution in [2.75, 3.05) is 0 Å². The fourth-order valence-corrected chi connectivity index (χ4v) is 4.84. The van der Waals surface area contributed by atoms with E-state index < -0.39 is 0 Å². The van der Waals surface area contributed by atoms with Crippen LogP contribution in [0.3, 0.4) is 0 Å². The van der Waals surface area contributed by atoms with Crippen LogP contribution in [0.2, 0.25) is 0 Å². The average molecular weight is 246 g/mol. The first-order valence-corrected chi connectivity index (χ1v) is 7.08. The minimum absolute atomic E-state index is 0.220. The molecule has 0 amide bonds. The number of Topliss-reactive ketones (excluding diaryl/α,β-unsaturated/α-hetero) is 1. The Kier molecular flexibility index (Phi) is 1.66. The van der Waals surface area contributed by atoms with Crippen LogP contribution in [0.25, 0.3) is 0 Å². The molecular formula is C18H14O. The van der Waals surface area contributed by atoms with Gasteiger partial charge in [0, 0.05) is 17.4 Å². The minimum Gasteiger partial charge on any atom is -0.294 e. The Morgan fingerprint density at radius 3 is 2.05 bits per heavy atom. The third kappa shape index (κ3) is 1.02. The molecule has 92 valence electrons. The van der Waals surface area contributed by atoms with E-state index in [1.807, 2.05) is 12.1 Å². The van der Waals surface area contributed by atoms with Gasteiger partial charge in [0.25, 0.3) is 0 Å². The quantitative estimate of drug-likeness (QED) is 0.689. The molecule has 1 nitrogen and oxygen atoms in total. The van der Waals surface area contributed by atoms with Crippen molar-refractivity contribution >= 4 is 5.78 Å². The molecule has 2 aromatic carbocycles. The third-order valence-electron chi connectivity index (χ3n) is 5.44. The van der Waals surface area contributed by atoms with Crippen LogP contribution in [0.1, 0.15) is 51.2 Å². The lowest BCUT2D eigenvalue weighted by molar-refractivity contribution is 0.0918. The van der Waals surface area contributed by atoms with Gasteiger partial charge in [0.1, 0.15) is 0 Å². The van der Waals surface area contributed by atoms with Crippen LogP contribution >= 0.6 is 0 Å². The molecule has 0 spiro atoms. The number of benzene rings is 2. The van der Waals surface area contributed by atoms with Crippen molar-refractivity contribution in [2.24, 2.45) is 5.92 Å². The van der Waals surface area contributed by atoms with Gasteiger partial charge in [-0.3, -0.25) is 4.79 Å². The molecule has 0 saturated heterocycles. The molecule has 0 heterocycles. The second kappa shape index (κ2) is 3.16. The van der Waals surface area contributed by atoms with Gasteiger partial charge in [0.2, 0.25) is 0 Å². The van der Waals surface area contributed by atoms with Crippen LogP contribution in [0.5, 0.6) is 0 Å². The molecule has 1 fully saturated rings. The van der Waals surface area contributed by atoms with Crippen molar-refractivity contribution in [3.63, 3.8) is 0 Å². The zero-order valence-corrected chi connectivity index (χ0v) is 10.5. The highest BCUT2D eigenvalue weighted by Gasteiger charge is 2.57. The molecule has 0 aromatic heterocycles. The lowest BCUT2D eigenvalue weighted by Gasteiger charge is -2.26. The monoisotopic (exact) mass is 246 g/mol. The number of ketones is 1. The minimum atomic E-state index is 0.220. The molecule has 0 radical (unpaired) electrons. The van der Waals surface area contributed by atoms with Gasteiger partial charge in [-0.15, -0.1) is 0 Å². The number of fused-ring (bicyclic) bond motifs is 10. The van der Waals surface area contributed by atoms with Gasteiger partial charge in [-0.05, 0) is 34.9 Å². The first kappa shape index (κ1) is 9.96. The second-order valence-electron chi connectivity index (χ2n) is 6.08. The van der Waals surface area contributed by atoms with E-state index in [9.17, 15) is 4.79 Å². The van der Waals surface area contributed by atoms with E-state index >= 15 is 0 Å². The van der Waals surface area contributed by atoms with Crippen molar-refractivity contribution in [3.8, 4) is 0 Å². The van der Waals surface area contributed by atoms with E-state index in [4.69, 9.17) is 0 Å². The van der Waals surface area contributed by atoms with Crippen molar-refractivity contribution in [1.82, 2.24) is 0 Å². The molecule has 1 heteroatoms. The van der Waals surface area contributed by atoms with E-state index in [1.54, 1.807) is 0 Å². The van der Waals surface area contributed by atoms with Gasteiger partial charge in [-0.1, -0.05) is 48.5 Å². The molecule has 5 rings (SSSR count). The Labute approximate surface area is 112 Å². The molecule has 3 aliphatic rings. The second-order valence-corrected chi connectivity index (χ2v) is 6.08. The van der Waals surface area contributed by atoms with E-state index in [0.29, 0.717) is 23.5 Å². The first-order chi connectivity index (χ1) is 9.36. The smallest absolute Gasteiger partial charge is 0.167 e. The van der Waals surface area contributed by atoms with E-state index in [-0.39, 0.29) is 5.92 Å². The molecule has 0 aliphatic heterocycles. The Balaban J connectivity index is 1.76. The van der Waals surface area contributed by atoms with Crippen molar-refractivity contribution < 1.29 is 4.79 Å². The van der Waals surface area contributed by atoms with E-state index in [1.165, 1.54) is 23.1 Å². The Morgan fingerprint density at radius 1 is 0.737 bits per heavy atom. The summed E-state index contributed by atoms with van der Waals surface area (Å²) < 4.78 is 0. The van der Waals surface area contributed by atoms with Gasteiger partial charge in [0.15, 0.2) is 5.78 Å². The summed E-state index contributed by atoms with van der Waals surface area (Å²) in [5.74, 6) is 2.09. The Hall–Kier alpha value is -1.89. The maximum absolute atomic E-state index is 12.7. The highest BCUT2D eigenvalue weighted by Crippen LogP contribution is 2.66. The fraction of sp³-hybridized carbons (Fsp3) is 0.278. The summed E-state index contributed by atoms with van der Waals surface area (Å²) >= 11 is 0. The number of hydrogen-bond acceptors (Lipinski definition) is 1. The average Bonchev–Trinajstić information content (AvgIpc) is 3.10. The van der Waals surface area contributed by atoms with Crippen LogP contribution in [0, 0.1) is 5.92 Å².